The average Bonchev–Trinajstić information content (AvgIpc) is 2.72. The van der Waals surface area contributed by atoms with Crippen LogP contribution in [0.1, 0.15) is 31.7 Å². The largest absolute Gasteiger partial charge is 0.393 e. The summed E-state index contributed by atoms with van der Waals surface area (Å²) in [6.07, 6.45) is 4.73. The number of aliphatic hydroxyl groups excluding tert-OH is 1. The summed E-state index contributed by atoms with van der Waals surface area (Å²) in [6.45, 7) is 0. The van der Waals surface area contributed by atoms with Crippen molar-refractivity contribution in [2.45, 2.75) is 37.8 Å². The summed E-state index contributed by atoms with van der Waals surface area (Å²) in [6, 6.07) is 0.132. The van der Waals surface area contributed by atoms with Crippen molar-refractivity contribution in [3.63, 3.8) is 0 Å². The Morgan fingerprint density at radius 1 is 1.50 bits per heavy atom. The molecular weight excluding hydrogens is 234 g/mol. The minimum atomic E-state index is -0.326. The van der Waals surface area contributed by atoms with Crippen molar-refractivity contribution in [1.29, 1.82) is 0 Å². The summed E-state index contributed by atoms with van der Waals surface area (Å²) in [5.41, 5.74) is 6.02. The molecule has 0 saturated heterocycles. The molecule has 4 N–H and O–H groups in total. The molecule has 1 saturated carbocycles. The molecule has 0 aromatic carbocycles. The molecule has 7 heteroatoms. The minimum Gasteiger partial charge on any atom is -0.393 e. The van der Waals surface area contributed by atoms with Crippen LogP contribution >= 0.6 is 0 Å². The number of hydrogen-bond acceptors (Lipinski definition) is 5. The lowest BCUT2D eigenvalue weighted by molar-refractivity contribution is 0.105. The zero-order chi connectivity index (χ0) is 12.7. The van der Waals surface area contributed by atoms with E-state index >= 15 is 0 Å². The Morgan fingerprint density at radius 3 is 3.11 bits per heavy atom. The van der Waals surface area contributed by atoms with E-state index in [4.69, 9.17) is 5.73 Å². The predicted molar refractivity (Wildman–Crippen MR) is 66.1 cm³/mol. The minimum absolute atomic E-state index is 0.0885. The normalized spacial score (nSPS) is 24.5. The third kappa shape index (κ3) is 1.76. The zero-order valence-electron chi connectivity index (χ0n) is 9.83. The number of aromatic amines is 1. The number of anilines is 1. The lowest BCUT2D eigenvalue weighted by Gasteiger charge is -2.26. The van der Waals surface area contributed by atoms with E-state index in [2.05, 4.69) is 15.0 Å². The van der Waals surface area contributed by atoms with Gasteiger partial charge >= 0.3 is 0 Å². The van der Waals surface area contributed by atoms with Crippen LogP contribution in [0.2, 0.25) is 0 Å². The van der Waals surface area contributed by atoms with E-state index in [1.165, 1.54) is 0 Å². The van der Waals surface area contributed by atoms with Crippen LogP contribution in [0, 0.1) is 0 Å². The standard InChI is InChI=1S/C11H15N5O2/c12-11-14-9-8(10(18)15-11)13-5-16(9)6-2-1-3-7(17)4-6/h5-7,17H,1-4H2,(H3,12,14,15,18)/t6-,7+/m0/s1. The monoisotopic (exact) mass is 249 g/mol. The molecule has 1 aliphatic rings. The van der Waals surface area contributed by atoms with E-state index in [0.717, 1.165) is 19.3 Å². The van der Waals surface area contributed by atoms with Crippen LogP contribution in [0.15, 0.2) is 11.1 Å². The van der Waals surface area contributed by atoms with Gasteiger partial charge in [0.05, 0.1) is 12.4 Å². The third-order valence-corrected chi connectivity index (χ3v) is 3.46. The average molecular weight is 249 g/mol. The number of rotatable bonds is 1. The lowest BCUT2D eigenvalue weighted by atomic mass is 9.93. The number of aromatic nitrogens is 4. The van der Waals surface area contributed by atoms with E-state index in [1.54, 1.807) is 6.33 Å². The van der Waals surface area contributed by atoms with Gasteiger partial charge in [-0.25, -0.2) is 4.98 Å². The maximum atomic E-state index is 11.7. The fourth-order valence-corrected chi connectivity index (χ4v) is 2.60. The first-order chi connectivity index (χ1) is 8.65. The number of hydrogen-bond donors (Lipinski definition) is 3. The van der Waals surface area contributed by atoms with Crippen molar-refractivity contribution < 1.29 is 5.11 Å². The van der Waals surface area contributed by atoms with Crippen molar-refractivity contribution in [3.8, 4) is 0 Å². The number of nitrogen functional groups attached to an aromatic ring is 1. The highest BCUT2D eigenvalue weighted by Crippen LogP contribution is 2.30. The Hall–Kier alpha value is -1.89. The molecule has 96 valence electrons. The molecule has 0 unspecified atom stereocenters. The quantitative estimate of drug-likeness (QED) is 0.667. The fourth-order valence-electron chi connectivity index (χ4n) is 2.60. The number of nitrogens with two attached hydrogens (primary N) is 1. The summed E-state index contributed by atoms with van der Waals surface area (Å²) in [5.74, 6) is 0.0885. The predicted octanol–water partition coefficient (Wildman–Crippen LogP) is 0.178. The highest BCUT2D eigenvalue weighted by atomic mass is 16.3. The molecule has 0 bridgehead atoms. The molecule has 2 heterocycles. The van der Waals surface area contributed by atoms with Gasteiger partial charge in [0.2, 0.25) is 5.95 Å². The molecule has 0 radical (unpaired) electrons. The SMILES string of the molecule is Nc1nc2c(ncn2[C@H]2CCC[C@@H](O)C2)c(=O)[nH]1. The molecule has 2 atom stereocenters. The van der Waals surface area contributed by atoms with Crippen molar-refractivity contribution in [1.82, 2.24) is 19.5 Å². The molecule has 18 heavy (non-hydrogen) atoms. The van der Waals surface area contributed by atoms with Gasteiger partial charge in [0, 0.05) is 6.04 Å². The van der Waals surface area contributed by atoms with E-state index in [0.29, 0.717) is 17.6 Å². The molecule has 2 aromatic rings. The van der Waals surface area contributed by atoms with Gasteiger partial charge in [0.25, 0.3) is 5.56 Å². The van der Waals surface area contributed by atoms with Crippen molar-refractivity contribution in [2.75, 3.05) is 5.73 Å². The Kier molecular flexibility index (Phi) is 2.55. The summed E-state index contributed by atoms with van der Waals surface area (Å²) in [7, 11) is 0. The van der Waals surface area contributed by atoms with Crippen molar-refractivity contribution >= 4 is 17.1 Å². The number of fused-ring (bicyclic) bond motifs is 1. The number of H-pyrrole nitrogens is 1. The topological polar surface area (TPSA) is 110 Å². The van der Waals surface area contributed by atoms with Gasteiger partial charge in [-0.2, -0.15) is 4.98 Å². The number of imidazole rings is 1. The summed E-state index contributed by atoms with van der Waals surface area (Å²) >= 11 is 0. The lowest BCUT2D eigenvalue weighted by Crippen LogP contribution is -2.22. The highest BCUT2D eigenvalue weighted by Gasteiger charge is 2.23. The molecular formula is C11H15N5O2. The number of aliphatic hydroxyl groups is 1. The maximum Gasteiger partial charge on any atom is 0.280 e. The van der Waals surface area contributed by atoms with Crippen LogP contribution in [-0.2, 0) is 0 Å². The van der Waals surface area contributed by atoms with Gasteiger partial charge in [-0.15, -0.1) is 0 Å². The second-order valence-corrected chi connectivity index (χ2v) is 4.75. The van der Waals surface area contributed by atoms with Gasteiger partial charge in [0.15, 0.2) is 11.2 Å². The first-order valence-corrected chi connectivity index (χ1v) is 6.05. The Labute approximate surface area is 103 Å². The fraction of sp³-hybridized carbons (Fsp3) is 0.545. The van der Waals surface area contributed by atoms with Crippen LogP contribution in [0.4, 0.5) is 5.95 Å². The Bertz CT molecular complexity index is 632. The summed E-state index contributed by atoms with van der Waals surface area (Å²) in [4.78, 5) is 22.3. The van der Waals surface area contributed by atoms with Gasteiger partial charge in [-0.05, 0) is 25.7 Å². The zero-order valence-corrected chi connectivity index (χ0v) is 9.83. The second-order valence-electron chi connectivity index (χ2n) is 4.75. The van der Waals surface area contributed by atoms with E-state index in [1.807, 2.05) is 4.57 Å². The van der Waals surface area contributed by atoms with Gasteiger partial charge in [-0.3, -0.25) is 9.78 Å². The first-order valence-electron chi connectivity index (χ1n) is 6.05. The number of nitrogens with zero attached hydrogens (tertiary/aromatic N) is 3. The molecule has 0 amide bonds. The van der Waals surface area contributed by atoms with Crippen LogP contribution in [0.5, 0.6) is 0 Å². The maximum absolute atomic E-state index is 11.7. The molecule has 1 aliphatic carbocycles. The van der Waals surface area contributed by atoms with Gasteiger partial charge < -0.3 is 15.4 Å². The second kappa shape index (κ2) is 4.09. The Balaban J connectivity index is 2.09. The third-order valence-electron chi connectivity index (χ3n) is 3.46. The van der Waals surface area contributed by atoms with Gasteiger partial charge in [-0.1, -0.05) is 0 Å². The molecule has 0 aliphatic heterocycles. The van der Waals surface area contributed by atoms with Crippen molar-refractivity contribution in [2.24, 2.45) is 0 Å². The van der Waals surface area contributed by atoms with E-state index < -0.39 is 0 Å². The van der Waals surface area contributed by atoms with E-state index in [-0.39, 0.29) is 23.7 Å². The highest BCUT2D eigenvalue weighted by molar-refractivity contribution is 5.70. The molecule has 1 fully saturated rings. The molecule has 2 aromatic heterocycles. The van der Waals surface area contributed by atoms with Crippen LogP contribution in [0.3, 0.4) is 0 Å². The summed E-state index contributed by atoms with van der Waals surface area (Å²) in [5, 5.41) is 9.71. The molecule has 3 rings (SSSR count). The summed E-state index contributed by atoms with van der Waals surface area (Å²) < 4.78 is 1.85. The molecule has 0 spiro atoms. The molecule has 7 nitrogen and oxygen atoms in total. The first kappa shape index (κ1) is 11.2. The van der Waals surface area contributed by atoms with E-state index in [9.17, 15) is 9.90 Å². The van der Waals surface area contributed by atoms with Crippen LogP contribution < -0.4 is 11.3 Å². The number of nitrogens with one attached hydrogen (secondary N) is 1. The van der Waals surface area contributed by atoms with Crippen LogP contribution in [-0.4, -0.2) is 30.7 Å². The Morgan fingerprint density at radius 2 is 2.33 bits per heavy atom. The van der Waals surface area contributed by atoms with Crippen molar-refractivity contribution in [3.05, 3.63) is 16.7 Å². The smallest absolute Gasteiger partial charge is 0.280 e. The van der Waals surface area contributed by atoms with Gasteiger partial charge in [0.1, 0.15) is 0 Å². The van der Waals surface area contributed by atoms with Crippen LogP contribution in [0.25, 0.3) is 11.2 Å².